The maximum Gasteiger partial charge on any atom is 0.318 e. The molecule has 2 aromatic carbocycles. The highest BCUT2D eigenvalue weighted by Gasteiger charge is 2.24. The van der Waals surface area contributed by atoms with Gasteiger partial charge in [0.2, 0.25) is 5.91 Å². The fourth-order valence-corrected chi connectivity index (χ4v) is 2.88. The zero-order chi connectivity index (χ0) is 19.2. The Morgan fingerprint density at radius 1 is 1.00 bits per heavy atom. The lowest BCUT2D eigenvalue weighted by molar-refractivity contribution is -0.116. The maximum atomic E-state index is 13.2. The van der Waals surface area contributed by atoms with E-state index in [0.29, 0.717) is 11.5 Å². The summed E-state index contributed by atoms with van der Waals surface area (Å²) in [6.07, 6.45) is 1.56. The molecule has 6 nitrogen and oxygen atoms in total. The summed E-state index contributed by atoms with van der Waals surface area (Å²) in [5.41, 5.74) is 2.37. The molecule has 0 radical (unpaired) electrons. The van der Waals surface area contributed by atoms with Gasteiger partial charge in [0.15, 0.2) is 5.82 Å². The number of nitrogens with one attached hydrogen (secondary N) is 1. The number of rotatable bonds is 6. The zero-order valence-corrected chi connectivity index (χ0v) is 15.6. The van der Waals surface area contributed by atoms with Gasteiger partial charge in [-0.05, 0) is 11.1 Å². The van der Waals surface area contributed by atoms with Crippen molar-refractivity contribution in [2.75, 3.05) is 31.4 Å². The second kappa shape index (κ2) is 8.31. The first kappa shape index (κ1) is 18.4. The van der Waals surface area contributed by atoms with Crippen LogP contribution >= 0.6 is 0 Å². The molecule has 0 bridgehead atoms. The van der Waals surface area contributed by atoms with Gasteiger partial charge in [-0.25, -0.2) is 4.98 Å². The average Bonchev–Trinajstić information content (AvgIpc) is 2.70. The lowest BCUT2D eigenvalue weighted by atomic mass is 9.90. The number of carbonyl (C=O) groups excluding carboxylic acids is 1. The number of nitrogens with zero attached hydrogens (tertiary/aromatic N) is 3. The SMILES string of the molecule is COc1ncc(NC(=O)C(c2ccccc2)c2ccccc2)c(N(C)C)n1. The Labute approximate surface area is 158 Å². The van der Waals surface area contributed by atoms with Gasteiger partial charge in [0.1, 0.15) is 5.69 Å². The predicted molar refractivity (Wildman–Crippen MR) is 106 cm³/mol. The predicted octanol–water partition coefficient (Wildman–Crippen LogP) is 3.32. The summed E-state index contributed by atoms with van der Waals surface area (Å²) in [5.74, 6) is -0.0103. The van der Waals surface area contributed by atoms with Crippen LogP contribution in [0.2, 0.25) is 0 Å². The number of aromatic nitrogens is 2. The van der Waals surface area contributed by atoms with Crippen LogP contribution in [0.4, 0.5) is 11.5 Å². The summed E-state index contributed by atoms with van der Waals surface area (Å²) < 4.78 is 5.09. The van der Waals surface area contributed by atoms with E-state index >= 15 is 0 Å². The van der Waals surface area contributed by atoms with Crippen molar-refractivity contribution in [2.45, 2.75) is 5.92 Å². The molecule has 1 aromatic heterocycles. The molecule has 138 valence electrons. The van der Waals surface area contributed by atoms with E-state index in [1.165, 1.54) is 7.11 Å². The van der Waals surface area contributed by atoms with E-state index < -0.39 is 5.92 Å². The number of carbonyl (C=O) groups is 1. The van der Waals surface area contributed by atoms with Crippen LogP contribution in [0.1, 0.15) is 17.0 Å². The van der Waals surface area contributed by atoms with Crippen LogP contribution in [0.25, 0.3) is 0 Å². The molecule has 0 aliphatic rings. The van der Waals surface area contributed by atoms with Crippen molar-refractivity contribution in [1.29, 1.82) is 0 Å². The second-order valence-electron chi connectivity index (χ2n) is 6.23. The number of hydrogen-bond donors (Lipinski definition) is 1. The van der Waals surface area contributed by atoms with Crippen LogP contribution in [0, 0.1) is 0 Å². The molecule has 0 aliphatic heterocycles. The number of hydrogen-bond acceptors (Lipinski definition) is 5. The van der Waals surface area contributed by atoms with Crippen LogP contribution in [0.5, 0.6) is 6.01 Å². The summed E-state index contributed by atoms with van der Waals surface area (Å²) in [6, 6.07) is 19.7. The average molecular weight is 362 g/mol. The van der Waals surface area contributed by atoms with Crippen molar-refractivity contribution < 1.29 is 9.53 Å². The molecule has 27 heavy (non-hydrogen) atoms. The minimum Gasteiger partial charge on any atom is -0.467 e. The Kier molecular flexibility index (Phi) is 5.66. The third kappa shape index (κ3) is 4.23. The molecule has 3 rings (SSSR count). The van der Waals surface area contributed by atoms with Crippen molar-refractivity contribution >= 4 is 17.4 Å². The van der Waals surface area contributed by atoms with Gasteiger partial charge >= 0.3 is 6.01 Å². The van der Waals surface area contributed by atoms with E-state index in [9.17, 15) is 4.79 Å². The molecule has 3 aromatic rings. The first-order valence-electron chi connectivity index (χ1n) is 8.59. The highest BCUT2D eigenvalue weighted by molar-refractivity contribution is 5.99. The first-order valence-corrected chi connectivity index (χ1v) is 8.59. The molecular weight excluding hydrogens is 340 g/mol. The van der Waals surface area contributed by atoms with Gasteiger partial charge < -0.3 is 15.0 Å². The highest BCUT2D eigenvalue weighted by Crippen LogP contribution is 2.29. The van der Waals surface area contributed by atoms with E-state index in [4.69, 9.17) is 4.74 Å². The van der Waals surface area contributed by atoms with Crippen LogP contribution in [-0.4, -0.2) is 37.1 Å². The fraction of sp³-hybridized carbons (Fsp3) is 0.190. The first-order chi connectivity index (χ1) is 13.1. The molecule has 0 aliphatic carbocycles. The van der Waals surface area contributed by atoms with E-state index in [-0.39, 0.29) is 11.9 Å². The minimum absolute atomic E-state index is 0.149. The van der Waals surface area contributed by atoms with E-state index in [1.54, 1.807) is 11.1 Å². The molecule has 0 spiro atoms. The molecule has 0 atom stereocenters. The lowest BCUT2D eigenvalue weighted by Crippen LogP contribution is -2.24. The fourth-order valence-electron chi connectivity index (χ4n) is 2.88. The molecule has 1 amide bonds. The third-order valence-electron chi connectivity index (χ3n) is 4.14. The summed E-state index contributed by atoms with van der Waals surface area (Å²) in [4.78, 5) is 23.5. The Hall–Kier alpha value is -3.41. The molecule has 0 fully saturated rings. The van der Waals surface area contributed by atoms with Gasteiger partial charge in [0.25, 0.3) is 0 Å². The molecule has 0 unspecified atom stereocenters. The lowest BCUT2D eigenvalue weighted by Gasteiger charge is -2.21. The third-order valence-corrected chi connectivity index (χ3v) is 4.14. The zero-order valence-electron chi connectivity index (χ0n) is 15.6. The standard InChI is InChI=1S/C21H22N4O2/c1-25(2)19-17(14-22-21(24-19)27-3)23-20(26)18(15-10-6-4-7-11-15)16-12-8-5-9-13-16/h4-14,18H,1-3H3,(H,23,26). The van der Waals surface area contributed by atoms with Crippen molar-refractivity contribution in [3.05, 3.63) is 78.0 Å². The van der Waals surface area contributed by atoms with Crippen molar-refractivity contribution in [2.24, 2.45) is 0 Å². The van der Waals surface area contributed by atoms with Gasteiger partial charge in [-0.1, -0.05) is 60.7 Å². The summed E-state index contributed by atoms with van der Waals surface area (Å²) >= 11 is 0. The summed E-state index contributed by atoms with van der Waals surface area (Å²) in [5, 5.41) is 2.98. The van der Waals surface area contributed by atoms with Gasteiger partial charge in [-0.3, -0.25) is 4.79 Å². The van der Waals surface area contributed by atoms with E-state index in [1.807, 2.05) is 74.8 Å². The van der Waals surface area contributed by atoms with Gasteiger partial charge in [-0.15, -0.1) is 0 Å². The summed E-state index contributed by atoms with van der Waals surface area (Å²) in [7, 11) is 5.21. The smallest absolute Gasteiger partial charge is 0.318 e. The van der Waals surface area contributed by atoms with Crippen LogP contribution in [0.15, 0.2) is 66.9 Å². The van der Waals surface area contributed by atoms with Crippen molar-refractivity contribution in [3.8, 4) is 6.01 Å². The molecule has 6 heteroatoms. The van der Waals surface area contributed by atoms with Crippen LogP contribution in [0.3, 0.4) is 0 Å². The van der Waals surface area contributed by atoms with Crippen molar-refractivity contribution in [3.63, 3.8) is 0 Å². The Morgan fingerprint density at radius 3 is 2.04 bits per heavy atom. The number of amides is 1. The number of ether oxygens (including phenoxy) is 1. The molecule has 0 saturated carbocycles. The van der Waals surface area contributed by atoms with Gasteiger partial charge in [0.05, 0.1) is 19.2 Å². The van der Waals surface area contributed by atoms with E-state index in [2.05, 4.69) is 15.3 Å². The number of anilines is 2. The quantitative estimate of drug-likeness (QED) is 0.729. The Balaban J connectivity index is 1.97. The van der Waals surface area contributed by atoms with Crippen molar-refractivity contribution in [1.82, 2.24) is 9.97 Å². The van der Waals surface area contributed by atoms with E-state index in [0.717, 1.165) is 11.1 Å². The molecule has 0 saturated heterocycles. The highest BCUT2D eigenvalue weighted by atomic mass is 16.5. The van der Waals surface area contributed by atoms with Gasteiger partial charge in [0, 0.05) is 14.1 Å². The minimum atomic E-state index is -0.440. The van der Waals surface area contributed by atoms with Crippen LogP contribution in [-0.2, 0) is 4.79 Å². The second-order valence-corrected chi connectivity index (χ2v) is 6.23. The Morgan fingerprint density at radius 2 is 1.56 bits per heavy atom. The topological polar surface area (TPSA) is 67.3 Å². The molecule has 1 heterocycles. The molecular formula is C21H22N4O2. The summed E-state index contributed by atoms with van der Waals surface area (Å²) in [6.45, 7) is 0. The maximum absolute atomic E-state index is 13.2. The van der Waals surface area contributed by atoms with Crippen LogP contribution < -0.4 is 15.0 Å². The number of methoxy groups -OCH3 is 1. The normalized spacial score (nSPS) is 10.5. The molecule has 1 N–H and O–H groups in total. The largest absolute Gasteiger partial charge is 0.467 e. The number of benzene rings is 2. The monoisotopic (exact) mass is 362 g/mol. The Bertz CT molecular complexity index is 859. The van der Waals surface area contributed by atoms with Gasteiger partial charge in [-0.2, -0.15) is 4.98 Å².